The summed E-state index contributed by atoms with van der Waals surface area (Å²) in [5, 5.41) is 8.45. The van der Waals surface area contributed by atoms with E-state index in [0.29, 0.717) is 5.69 Å². The molecule has 0 spiro atoms. The normalized spacial score (nSPS) is 11.1. The number of aromatic nitrogens is 1. The Bertz CT molecular complexity index is 472. The van der Waals surface area contributed by atoms with Crippen molar-refractivity contribution in [2.75, 3.05) is 17.1 Å². The minimum atomic E-state index is -3.47. The van der Waals surface area contributed by atoms with Gasteiger partial charge in [0.25, 0.3) is 0 Å². The van der Waals surface area contributed by atoms with E-state index in [9.17, 15) is 13.2 Å². The Morgan fingerprint density at radius 2 is 2.00 bits per heavy atom. The number of hydrogen-bond donors (Lipinski definition) is 1. The van der Waals surface area contributed by atoms with Crippen LogP contribution in [0.4, 0.5) is 5.69 Å². The van der Waals surface area contributed by atoms with Crippen LogP contribution in [0.25, 0.3) is 0 Å². The fraction of sp³-hybridized carbons (Fsp3) is 0.400. The molecule has 1 aromatic rings. The number of carboxylic acids is 1. The Labute approximate surface area is 100.0 Å². The maximum absolute atomic E-state index is 11.8. The zero-order valence-corrected chi connectivity index (χ0v) is 10.2. The van der Waals surface area contributed by atoms with Gasteiger partial charge in [0.05, 0.1) is 11.4 Å². The quantitative estimate of drug-likeness (QED) is 0.812. The number of sulfonamides is 1. The monoisotopic (exact) mass is 258 g/mol. The van der Waals surface area contributed by atoms with Crippen molar-refractivity contribution in [3.8, 4) is 0 Å². The maximum Gasteiger partial charge on any atom is 0.303 e. The number of nitrogens with zero attached hydrogens (tertiary/aromatic N) is 2. The van der Waals surface area contributed by atoms with Gasteiger partial charge in [0.15, 0.2) is 0 Å². The molecule has 1 aromatic heterocycles. The van der Waals surface area contributed by atoms with E-state index >= 15 is 0 Å². The zero-order valence-electron chi connectivity index (χ0n) is 9.41. The predicted molar refractivity (Wildman–Crippen MR) is 63.3 cm³/mol. The van der Waals surface area contributed by atoms with E-state index in [1.807, 2.05) is 0 Å². The SMILES string of the molecule is CN(c1ccncc1)S(=O)(=O)CCCC(=O)O. The highest BCUT2D eigenvalue weighted by atomic mass is 32.2. The van der Waals surface area contributed by atoms with Crippen LogP contribution in [0, 0.1) is 0 Å². The molecule has 1 N–H and O–H groups in total. The van der Waals surface area contributed by atoms with Gasteiger partial charge in [-0.05, 0) is 18.6 Å². The molecule has 7 heteroatoms. The summed E-state index contributed by atoms with van der Waals surface area (Å²) in [6.07, 6.45) is 2.95. The van der Waals surface area contributed by atoms with E-state index in [1.54, 1.807) is 12.1 Å². The van der Waals surface area contributed by atoms with E-state index in [-0.39, 0.29) is 18.6 Å². The van der Waals surface area contributed by atoms with Gasteiger partial charge in [0, 0.05) is 25.9 Å². The molecule has 0 fully saturated rings. The molecule has 0 unspecified atom stereocenters. The second-order valence-corrected chi connectivity index (χ2v) is 5.61. The molecule has 0 aliphatic rings. The van der Waals surface area contributed by atoms with Gasteiger partial charge in [-0.2, -0.15) is 0 Å². The molecule has 17 heavy (non-hydrogen) atoms. The molecule has 6 nitrogen and oxygen atoms in total. The van der Waals surface area contributed by atoms with Gasteiger partial charge in [-0.25, -0.2) is 8.42 Å². The highest BCUT2D eigenvalue weighted by Crippen LogP contribution is 2.15. The lowest BCUT2D eigenvalue weighted by Crippen LogP contribution is -2.29. The molecule has 0 atom stereocenters. The van der Waals surface area contributed by atoms with Crippen molar-refractivity contribution in [1.29, 1.82) is 0 Å². The summed E-state index contributed by atoms with van der Waals surface area (Å²) in [5.41, 5.74) is 0.510. The van der Waals surface area contributed by atoms with Crippen molar-refractivity contribution in [3.05, 3.63) is 24.5 Å². The minimum Gasteiger partial charge on any atom is -0.481 e. The first-order valence-corrected chi connectivity index (χ1v) is 6.63. The predicted octanol–water partition coefficient (Wildman–Crippen LogP) is 0.712. The molecular formula is C10H14N2O4S. The molecule has 0 saturated carbocycles. The second-order valence-electron chi connectivity index (χ2n) is 3.49. The number of rotatable bonds is 6. The molecule has 0 radical (unpaired) electrons. The second kappa shape index (κ2) is 5.62. The average Bonchev–Trinajstić information content (AvgIpc) is 2.28. The standard InChI is InChI=1S/C10H14N2O4S/c1-12(9-4-6-11-7-5-9)17(15,16)8-2-3-10(13)14/h4-7H,2-3,8H2,1H3,(H,13,14). The number of carboxylic acid groups (broad SMARTS) is 1. The first-order chi connectivity index (χ1) is 7.93. The van der Waals surface area contributed by atoms with E-state index in [2.05, 4.69) is 4.98 Å². The molecule has 0 aliphatic carbocycles. The van der Waals surface area contributed by atoms with Crippen LogP contribution in [0.5, 0.6) is 0 Å². The molecular weight excluding hydrogens is 244 g/mol. The molecule has 0 amide bonds. The third-order valence-corrected chi connectivity index (χ3v) is 4.09. The number of carbonyl (C=O) groups is 1. The Balaban J connectivity index is 2.68. The van der Waals surface area contributed by atoms with Gasteiger partial charge in [0.1, 0.15) is 0 Å². The highest BCUT2D eigenvalue weighted by molar-refractivity contribution is 7.92. The first kappa shape index (κ1) is 13.4. The van der Waals surface area contributed by atoms with Crippen molar-refractivity contribution in [2.45, 2.75) is 12.8 Å². The molecule has 0 saturated heterocycles. The van der Waals surface area contributed by atoms with E-state index in [4.69, 9.17) is 5.11 Å². The first-order valence-electron chi connectivity index (χ1n) is 5.02. The molecule has 0 aromatic carbocycles. The summed E-state index contributed by atoms with van der Waals surface area (Å²) >= 11 is 0. The summed E-state index contributed by atoms with van der Waals surface area (Å²) in [4.78, 5) is 14.1. The molecule has 94 valence electrons. The number of pyridine rings is 1. The third-order valence-electron chi connectivity index (χ3n) is 2.24. The van der Waals surface area contributed by atoms with Crippen molar-refractivity contribution in [3.63, 3.8) is 0 Å². The van der Waals surface area contributed by atoms with E-state index in [1.165, 1.54) is 19.4 Å². The minimum absolute atomic E-state index is 0.104. The summed E-state index contributed by atoms with van der Waals surface area (Å²) in [6.45, 7) is 0. The lowest BCUT2D eigenvalue weighted by atomic mass is 10.3. The largest absolute Gasteiger partial charge is 0.481 e. The maximum atomic E-state index is 11.8. The van der Waals surface area contributed by atoms with Crippen LogP contribution in [-0.4, -0.2) is 37.3 Å². The van der Waals surface area contributed by atoms with Gasteiger partial charge in [0.2, 0.25) is 10.0 Å². The Hall–Kier alpha value is -1.63. The van der Waals surface area contributed by atoms with Crippen LogP contribution < -0.4 is 4.31 Å². The van der Waals surface area contributed by atoms with Gasteiger partial charge in [-0.1, -0.05) is 0 Å². The Morgan fingerprint density at radius 3 is 2.53 bits per heavy atom. The summed E-state index contributed by atoms with van der Waals surface area (Å²) < 4.78 is 24.8. The van der Waals surface area contributed by atoms with Crippen molar-refractivity contribution >= 4 is 21.7 Å². The Kier molecular flexibility index (Phi) is 4.45. The van der Waals surface area contributed by atoms with E-state index in [0.717, 1.165) is 4.31 Å². The van der Waals surface area contributed by atoms with E-state index < -0.39 is 16.0 Å². The fourth-order valence-electron chi connectivity index (χ4n) is 1.26. The summed E-state index contributed by atoms with van der Waals surface area (Å²) in [5.74, 6) is -1.18. The lowest BCUT2D eigenvalue weighted by Gasteiger charge is -2.18. The van der Waals surface area contributed by atoms with Crippen LogP contribution in [-0.2, 0) is 14.8 Å². The van der Waals surface area contributed by atoms with Gasteiger partial charge < -0.3 is 5.11 Å². The zero-order chi connectivity index (χ0) is 12.9. The summed E-state index contributed by atoms with van der Waals surface area (Å²) in [7, 11) is -2.03. The number of aliphatic carboxylic acids is 1. The molecule has 0 aliphatic heterocycles. The average molecular weight is 258 g/mol. The van der Waals surface area contributed by atoms with Crippen LogP contribution in [0.2, 0.25) is 0 Å². The Morgan fingerprint density at radius 1 is 1.41 bits per heavy atom. The topological polar surface area (TPSA) is 87.6 Å². The van der Waals surface area contributed by atoms with Gasteiger partial charge in [-0.3, -0.25) is 14.1 Å². The molecule has 1 heterocycles. The van der Waals surface area contributed by atoms with Crippen LogP contribution in [0.3, 0.4) is 0 Å². The molecule has 0 bridgehead atoms. The highest BCUT2D eigenvalue weighted by Gasteiger charge is 2.18. The fourth-order valence-corrected chi connectivity index (χ4v) is 2.48. The lowest BCUT2D eigenvalue weighted by molar-refractivity contribution is -0.137. The van der Waals surface area contributed by atoms with Crippen LogP contribution in [0.1, 0.15) is 12.8 Å². The van der Waals surface area contributed by atoms with Gasteiger partial charge in [-0.15, -0.1) is 0 Å². The van der Waals surface area contributed by atoms with Crippen molar-refractivity contribution in [2.24, 2.45) is 0 Å². The number of hydrogen-bond acceptors (Lipinski definition) is 4. The van der Waals surface area contributed by atoms with Crippen molar-refractivity contribution < 1.29 is 18.3 Å². The van der Waals surface area contributed by atoms with Crippen LogP contribution in [0.15, 0.2) is 24.5 Å². The summed E-state index contributed by atoms with van der Waals surface area (Å²) in [6, 6.07) is 3.16. The van der Waals surface area contributed by atoms with Gasteiger partial charge >= 0.3 is 5.97 Å². The molecule has 1 rings (SSSR count). The smallest absolute Gasteiger partial charge is 0.303 e. The number of anilines is 1. The third kappa shape index (κ3) is 4.03. The van der Waals surface area contributed by atoms with Crippen LogP contribution >= 0.6 is 0 Å². The van der Waals surface area contributed by atoms with Crippen molar-refractivity contribution in [1.82, 2.24) is 4.98 Å².